The third-order valence-electron chi connectivity index (χ3n) is 4.27. The molecular weight excluding hydrogens is 410 g/mol. The molecule has 9 nitrogen and oxygen atoms in total. The Morgan fingerprint density at radius 2 is 1.67 bits per heavy atom. The minimum Gasteiger partial charge on any atom is -0.493 e. The molecule has 150 valence electrons. The van der Waals surface area contributed by atoms with Crippen LogP contribution in [-0.2, 0) is 0 Å². The van der Waals surface area contributed by atoms with Crippen molar-refractivity contribution in [2.75, 3.05) is 7.11 Å². The predicted molar refractivity (Wildman–Crippen MR) is 111 cm³/mol. The molecule has 4 rings (SSSR count). The molecule has 0 saturated heterocycles. The van der Waals surface area contributed by atoms with Gasteiger partial charge < -0.3 is 9.47 Å². The van der Waals surface area contributed by atoms with Crippen LogP contribution in [0.3, 0.4) is 0 Å². The number of nitrogens with zero attached hydrogens (tertiary/aromatic N) is 3. The van der Waals surface area contributed by atoms with Gasteiger partial charge in [0.2, 0.25) is 5.75 Å². The van der Waals surface area contributed by atoms with Gasteiger partial charge in [0.05, 0.1) is 33.2 Å². The molecule has 0 unspecified atom stereocenters. The van der Waals surface area contributed by atoms with E-state index in [0.29, 0.717) is 5.75 Å². The Labute approximate surface area is 173 Å². The van der Waals surface area contributed by atoms with E-state index < -0.39 is 21.2 Å². The maximum atomic E-state index is 11.3. The van der Waals surface area contributed by atoms with E-state index >= 15 is 0 Å². The van der Waals surface area contributed by atoms with Crippen molar-refractivity contribution in [3.8, 4) is 27.8 Å². The minimum atomic E-state index is -0.732. The molecule has 0 radical (unpaired) electrons. The van der Waals surface area contributed by atoms with Crippen LogP contribution in [0.25, 0.3) is 20.8 Å². The number of fused-ring (bicyclic) bond motifs is 1. The largest absolute Gasteiger partial charge is 0.493 e. The molecule has 4 aromatic rings. The number of non-ortho nitro benzene ring substituents is 1. The number of methoxy groups -OCH3 is 1. The molecule has 0 atom stereocenters. The summed E-state index contributed by atoms with van der Waals surface area (Å²) in [5.41, 5.74) is 0.783. The molecule has 0 N–H and O–H groups in total. The summed E-state index contributed by atoms with van der Waals surface area (Å²) < 4.78 is 12.1. The first-order chi connectivity index (χ1) is 14.5. The lowest BCUT2D eigenvalue weighted by Gasteiger charge is -2.11. The van der Waals surface area contributed by atoms with Gasteiger partial charge in [0, 0.05) is 11.6 Å². The van der Waals surface area contributed by atoms with Crippen molar-refractivity contribution < 1.29 is 19.3 Å². The highest BCUT2D eigenvalue weighted by Crippen LogP contribution is 2.40. The van der Waals surface area contributed by atoms with E-state index in [1.807, 2.05) is 24.3 Å². The summed E-state index contributed by atoms with van der Waals surface area (Å²) in [6.45, 7) is 0. The minimum absolute atomic E-state index is 0.128. The van der Waals surface area contributed by atoms with Crippen molar-refractivity contribution in [1.29, 1.82) is 0 Å². The molecule has 0 aliphatic heterocycles. The zero-order valence-electron chi connectivity index (χ0n) is 15.5. The highest BCUT2D eigenvalue weighted by Gasteiger charge is 2.22. The number of hydrogen-bond acceptors (Lipinski definition) is 8. The van der Waals surface area contributed by atoms with Crippen molar-refractivity contribution in [2.45, 2.75) is 0 Å². The highest BCUT2D eigenvalue weighted by molar-refractivity contribution is 7.21. The molecule has 0 aliphatic rings. The SMILES string of the molecule is COc1cc(-c2nc3ccccc3s2)ccc1Oc1ccc([N+](=O)[O-])cc1[N+](=O)[O-]. The van der Waals surface area contributed by atoms with Crippen molar-refractivity contribution in [2.24, 2.45) is 0 Å². The van der Waals surface area contributed by atoms with Crippen molar-refractivity contribution in [1.82, 2.24) is 4.98 Å². The Hall–Kier alpha value is -4.05. The summed E-state index contributed by atoms with van der Waals surface area (Å²) in [4.78, 5) is 25.4. The average Bonchev–Trinajstić information content (AvgIpc) is 3.18. The second kappa shape index (κ2) is 7.76. The maximum Gasteiger partial charge on any atom is 0.318 e. The third-order valence-corrected chi connectivity index (χ3v) is 5.36. The number of nitro groups is 2. The van der Waals surface area contributed by atoms with Crippen LogP contribution in [0.2, 0.25) is 0 Å². The summed E-state index contributed by atoms with van der Waals surface area (Å²) in [6.07, 6.45) is 0. The fourth-order valence-electron chi connectivity index (χ4n) is 2.85. The summed E-state index contributed by atoms with van der Waals surface area (Å²) >= 11 is 1.53. The number of benzene rings is 3. The lowest BCUT2D eigenvalue weighted by Crippen LogP contribution is -1.97. The van der Waals surface area contributed by atoms with Gasteiger partial charge in [-0.3, -0.25) is 20.2 Å². The van der Waals surface area contributed by atoms with Gasteiger partial charge in [-0.05, 0) is 36.4 Å². The summed E-state index contributed by atoms with van der Waals surface area (Å²) in [5, 5.41) is 23.0. The fourth-order valence-corrected chi connectivity index (χ4v) is 3.81. The van der Waals surface area contributed by atoms with E-state index in [1.165, 1.54) is 24.5 Å². The average molecular weight is 423 g/mol. The van der Waals surface area contributed by atoms with Gasteiger partial charge in [0.1, 0.15) is 5.01 Å². The molecule has 0 aliphatic carbocycles. The molecule has 0 spiro atoms. The number of hydrogen-bond donors (Lipinski definition) is 0. The van der Waals surface area contributed by atoms with Gasteiger partial charge in [0.15, 0.2) is 11.5 Å². The lowest BCUT2D eigenvalue weighted by atomic mass is 10.2. The predicted octanol–water partition coefficient (Wildman–Crippen LogP) is 5.58. The fraction of sp³-hybridized carbons (Fsp3) is 0.0500. The third kappa shape index (κ3) is 3.63. The van der Waals surface area contributed by atoms with Gasteiger partial charge in [-0.25, -0.2) is 4.98 Å². The van der Waals surface area contributed by atoms with Gasteiger partial charge in [0.25, 0.3) is 5.69 Å². The smallest absolute Gasteiger partial charge is 0.318 e. The van der Waals surface area contributed by atoms with Gasteiger partial charge in [-0.2, -0.15) is 0 Å². The zero-order chi connectivity index (χ0) is 21.3. The Bertz CT molecular complexity index is 1250. The molecular formula is C20H13N3O6S. The number of rotatable bonds is 6. The van der Waals surface area contributed by atoms with Gasteiger partial charge >= 0.3 is 5.69 Å². The number of nitro benzene ring substituents is 2. The molecule has 10 heteroatoms. The van der Waals surface area contributed by atoms with Crippen LogP contribution < -0.4 is 9.47 Å². The molecule has 30 heavy (non-hydrogen) atoms. The van der Waals surface area contributed by atoms with E-state index in [4.69, 9.17) is 9.47 Å². The van der Waals surface area contributed by atoms with E-state index in [0.717, 1.165) is 32.9 Å². The summed E-state index contributed by atoms with van der Waals surface area (Å²) in [5.74, 6) is 0.454. The lowest BCUT2D eigenvalue weighted by molar-refractivity contribution is -0.394. The van der Waals surface area contributed by atoms with E-state index in [1.54, 1.807) is 18.2 Å². The number of thiazole rings is 1. The van der Waals surface area contributed by atoms with Crippen molar-refractivity contribution in [3.05, 3.63) is 80.9 Å². The van der Waals surface area contributed by atoms with Crippen molar-refractivity contribution >= 4 is 32.9 Å². The van der Waals surface area contributed by atoms with E-state index in [2.05, 4.69) is 4.98 Å². The van der Waals surface area contributed by atoms with Crippen LogP contribution >= 0.6 is 11.3 Å². The van der Waals surface area contributed by atoms with E-state index in [9.17, 15) is 20.2 Å². The molecule has 0 amide bonds. The molecule has 3 aromatic carbocycles. The Morgan fingerprint density at radius 3 is 2.37 bits per heavy atom. The van der Waals surface area contributed by atoms with Crippen molar-refractivity contribution in [3.63, 3.8) is 0 Å². The van der Waals surface area contributed by atoms with Crippen LogP contribution in [0.1, 0.15) is 0 Å². The highest BCUT2D eigenvalue weighted by atomic mass is 32.1. The van der Waals surface area contributed by atoms with Crippen LogP contribution in [-0.4, -0.2) is 21.9 Å². The van der Waals surface area contributed by atoms with Crippen LogP contribution in [0.4, 0.5) is 11.4 Å². The summed E-state index contributed by atoms with van der Waals surface area (Å²) in [7, 11) is 1.45. The maximum absolute atomic E-state index is 11.3. The Morgan fingerprint density at radius 1 is 0.900 bits per heavy atom. The molecule has 0 fully saturated rings. The Balaban J connectivity index is 1.70. The molecule has 0 saturated carbocycles. The number of ether oxygens (including phenoxy) is 2. The summed E-state index contributed by atoms with van der Waals surface area (Å²) in [6, 6.07) is 16.1. The topological polar surface area (TPSA) is 118 Å². The molecule has 1 heterocycles. The van der Waals surface area contributed by atoms with Crippen LogP contribution in [0.5, 0.6) is 17.2 Å². The molecule has 0 bridgehead atoms. The zero-order valence-corrected chi connectivity index (χ0v) is 16.3. The first-order valence-electron chi connectivity index (χ1n) is 8.61. The van der Waals surface area contributed by atoms with E-state index in [-0.39, 0.29) is 11.5 Å². The normalized spacial score (nSPS) is 10.7. The van der Waals surface area contributed by atoms with Crippen LogP contribution in [0, 0.1) is 20.2 Å². The van der Waals surface area contributed by atoms with Gasteiger partial charge in [-0.1, -0.05) is 12.1 Å². The monoisotopic (exact) mass is 423 g/mol. The standard InChI is InChI=1S/C20H13N3O6S/c1-28-18-10-12(20-21-14-4-2-3-5-19(14)30-20)6-8-17(18)29-16-9-7-13(22(24)25)11-15(16)23(26)27/h2-11H,1H3. The second-order valence-corrected chi connectivity index (χ2v) is 7.15. The number of aromatic nitrogens is 1. The van der Waals surface area contributed by atoms with Crippen LogP contribution in [0.15, 0.2) is 60.7 Å². The molecule has 1 aromatic heterocycles. The quantitative estimate of drug-likeness (QED) is 0.293. The first kappa shape index (κ1) is 19.3. The first-order valence-corrected chi connectivity index (χ1v) is 9.42. The number of para-hydroxylation sites is 1. The van der Waals surface area contributed by atoms with Gasteiger partial charge in [-0.15, -0.1) is 11.3 Å². The Kier molecular flexibility index (Phi) is 4.98. The second-order valence-electron chi connectivity index (χ2n) is 6.12.